The minimum absolute atomic E-state index is 0.0568. The molecule has 0 aliphatic rings. The van der Waals surface area contributed by atoms with Crippen LogP contribution in [0.15, 0.2) is 30.3 Å². The summed E-state index contributed by atoms with van der Waals surface area (Å²) in [7, 11) is 0. The molecule has 0 bridgehead atoms. The summed E-state index contributed by atoms with van der Waals surface area (Å²) in [4.78, 5) is 0. The smallest absolute Gasteiger partial charge is 0.180 e. The number of halogens is 3. The molecular formula is C21H26Cl3NO2. The van der Waals surface area contributed by atoms with E-state index < -0.39 is 0 Å². The normalized spacial score (nSPS) is 11.5. The molecule has 2 aromatic carbocycles. The van der Waals surface area contributed by atoms with Gasteiger partial charge in [-0.3, -0.25) is 0 Å². The van der Waals surface area contributed by atoms with E-state index in [4.69, 9.17) is 44.3 Å². The summed E-state index contributed by atoms with van der Waals surface area (Å²) >= 11 is 18.5. The maximum absolute atomic E-state index is 6.50. The van der Waals surface area contributed by atoms with Crippen LogP contribution >= 0.6 is 34.8 Å². The Morgan fingerprint density at radius 1 is 0.889 bits per heavy atom. The molecule has 1 N–H and O–H groups in total. The van der Waals surface area contributed by atoms with E-state index in [1.165, 1.54) is 0 Å². The van der Waals surface area contributed by atoms with Crippen molar-refractivity contribution in [1.82, 2.24) is 5.32 Å². The number of hydrogen-bond donors (Lipinski definition) is 1. The van der Waals surface area contributed by atoms with Crippen LogP contribution in [0, 0.1) is 0 Å². The van der Waals surface area contributed by atoms with Crippen LogP contribution in [-0.4, -0.2) is 12.1 Å². The Balaban J connectivity index is 2.18. The van der Waals surface area contributed by atoms with Gasteiger partial charge >= 0.3 is 0 Å². The number of hydrogen-bond acceptors (Lipinski definition) is 3. The van der Waals surface area contributed by atoms with Crippen LogP contribution in [0.4, 0.5) is 0 Å². The summed E-state index contributed by atoms with van der Waals surface area (Å²) in [5.41, 5.74) is 2.01. The van der Waals surface area contributed by atoms with Gasteiger partial charge in [0.25, 0.3) is 0 Å². The van der Waals surface area contributed by atoms with Gasteiger partial charge in [0, 0.05) is 12.1 Å². The third-order valence-corrected chi connectivity index (χ3v) is 5.41. The zero-order chi connectivity index (χ0) is 20.0. The zero-order valence-corrected chi connectivity index (χ0v) is 18.4. The highest BCUT2D eigenvalue weighted by Crippen LogP contribution is 2.37. The maximum atomic E-state index is 6.50. The van der Waals surface area contributed by atoms with Crippen LogP contribution < -0.4 is 14.8 Å². The molecule has 27 heavy (non-hydrogen) atoms. The Morgan fingerprint density at radius 3 is 2.22 bits per heavy atom. The van der Waals surface area contributed by atoms with E-state index in [-0.39, 0.29) is 5.54 Å². The van der Waals surface area contributed by atoms with E-state index >= 15 is 0 Å². The van der Waals surface area contributed by atoms with Gasteiger partial charge in [0.05, 0.1) is 21.7 Å². The maximum Gasteiger partial charge on any atom is 0.180 e. The SMILES string of the molecule is CCOc1cc(CNC(C)(C)CC)cc(Cl)c1OCc1ccc(Cl)c(Cl)c1. The second kappa shape index (κ2) is 9.88. The van der Waals surface area contributed by atoms with Gasteiger partial charge in [0.1, 0.15) is 6.61 Å². The van der Waals surface area contributed by atoms with E-state index in [1.54, 1.807) is 12.1 Å². The highest BCUT2D eigenvalue weighted by molar-refractivity contribution is 6.42. The van der Waals surface area contributed by atoms with E-state index in [2.05, 4.69) is 26.1 Å². The van der Waals surface area contributed by atoms with Gasteiger partial charge in [-0.15, -0.1) is 0 Å². The number of benzene rings is 2. The molecule has 3 nitrogen and oxygen atoms in total. The average Bonchev–Trinajstić information content (AvgIpc) is 2.62. The number of nitrogens with one attached hydrogen (secondary N) is 1. The van der Waals surface area contributed by atoms with Crippen molar-refractivity contribution in [2.75, 3.05) is 6.61 Å². The van der Waals surface area contributed by atoms with Gasteiger partial charge in [-0.1, -0.05) is 47.8 Å². The molecule has 6 heteroatoms. The lowest BCUT2D eigenvalue weighted by molar-refractivity contribution is 0.269. The first kappa shape index (κ1) is 22.2. The highest BCUT2D eigenvalue weighted by Gasteiger charge is 2.17. The molecule has 0 fully saturated rings. The third-order valence-electron chi connectivity index (χ3n) is 4.39. The summed E-state index contributed by atoms with van der Waals surface area (Å²) in [6.07, 6.45) is 1.03. The Hall–Kier alpha value is -1.13. The largest absolute Gasteiger partial charge is 0.490 e. The monoisotopic (exact) mass is 429 g/mol. The second-order valence-electron chi connectivity index (χ2n) is 6.97. The lowest BCUT2D eigenvalue weighted by Gasteiger charge is -2.25. The molecule has 0 spiro atoms. The van der Waals surface area contributed by atoms with Gasteiger partial charge in [-0.05, 0) is 62.6 Å². The van der Waals surface area contributed by atoms with Crippen LogP contribution in [-0.2, 0) is 13.2 Å². The van der Waals surface area contributed by atoms with Gasteiger partial charge < -0.3 is 14.8 Å². The van der Waals surface area contributed by atoms with E-state index in [0.717, 1.165) is 17.5 Å². The molecule has 0 aliphatic carbocycles. The Bertz CT molecular complexity index is 778. The second-order valence-corrected chi connectivity index (χ2v) is 8.19. The molecule has 0 aromatic heterocycles. The highest BCUT2D eigenvalue weighted by atomic mass is 35.5. The molecule has 2 aromatic rings. The molecule has 0 heterocycles. The Morgan fingerprint density at radius 2 is 1.59 bits per heavy atom. The van der Waals surface area contributed by atoms with Crippen LogP contribution in [0.2, 0.25) is 15.1 Å². The fourth-order valence-electron chi connectivity index (χ4n) is 2.38. The first-order chi connectivity index (χ1) is 12.8. The fraction of sp³-hybridized carbons (Fsp3) is 0.429. The molecule has 0 atom stereocenters. The molecular weight excluding hydrogens is 405 g/mol. The standard InChI is InChI=1S/C21H26Cl3NO2/c1-5-21(3,4)25-12-15-10-18(24)20(19(11-15)26-6-2)27-13-14-7-8-16(22)17(23)9-14/h7-11,25H,5-6,12-13H2,1-4H3. The molecule has 0 radical (unpaired) electrons. The molecule has 2 rings (SSSR count). The van der Waals surface area contributed by atoms with Crippen molar-refractivity contribution in [2.24, 2.45) is 0 Å². The number of rotatable bonds is 9. The lowest BCUT2D eigenvalue weighted by Crippen LogP contribution is -2.37. The van der Waals surface area contributed by atoms with Gasteiger partial charge in [0.2, 0.25) is 0 Å². The van der Waals surface area contributed by atoms with Crippen molar-refractivity contribution in [3.63, 3.8) is 0 Å². The molecule has 148 valence electrons. The topological polar surface area (TPSA) is 30.5 Å². The molecule has 0 saturated heterocycles. The van der Waals surface area contributed by atoms with E-state index in [1.807, 2.05) is 25.1 Å². The van der Waals surface area contributed by atoms with Crippen molar-refractivity contribution >= 4 is 34.8 Å². The first-order valence-corrected chi connectivity index (χ1v) is 10.2. The van der Waals surface area contributed by atoms with Gasteiger partial charge in [-0.2, -0.15) is 0 Å². The minimum Gasteiger partial charge on any atom is -0.490 e. The van der Waals surface area contributed by atoms with Crippen molar-refractivity contribution in [2.45, 2.75) is 52.8 Å². The predicted octanol–water partition coefficient (Wildman–Crippen LogP) is 6.90. The van der Waals surface area contributed by atoms with E-state index in [0.29, 0.717) is 46.3 Å². The van der Waals surface area contributed by atoms with Crippen LogP contribution in [0.3, 0.4) is 0 Å². The third kappa shape index (κ3) is 6.46. The summed E-state index contributed by atoms with van der Waals surface area (Å²) in [6, 6.07) is 9.28. The fourth-order valence-corrected chi connectivity index (χ4v) is 2.99. The molecule has 0 saturated carbocycles. The summed E-state index contributed by atoms with van der Waals surface area (Å²) < 4.78 is 11.7. The van der Waals surface area contributed by atoms with Crippen molar-refractivity contribution in [1.29, 1.82) is 0 Å². The van der Waals surface area contributed by atoms with Crippen molar-refractivity contribution < 1.29 is 9.47 Å². The van der Waals surface area contributed by atoms with Crippen LogP contribution in [0.25, 0.3) is 0 Å². The lowest BCUT2D eigenvalue weighted by atomic mass is 10.0. The predicted molar refractivity (Wildman–Crippen MR) is 115 cm³/mol. The summed E-state index contributed by atoms with van der Waals surface area (Å²) in [5, 5.41) is 5.06. The average molecular weight is 431 g/mol. The quantitative estimate of drug-likeness (QED) is 0.469. The first-order valence-electron chi connectivity index (χ1n) is 9.02. The Kier molecular flexibility index (Phi) is 8.11. The minimum atomic E-state index is 0.0568. The summed E-state index contributed by atoms with van der Waals surface area (Å²) in [6.45, 7) is 9.98. The summed E-state index contributed by atoms with van der Waals surface area (Å²) in [5.74, 6) is 1.17. The Labute approximate surface area is 176 Å². The van der Waals surface area contributed by atoms with Gasteiger partial charge in [-0.25, -0.2) is 0 Å². The van der Waals surface area contributed by atoms with Gasteiger partial charge in [0.15, 0.2) is 11.5 Å². The molecule has 0 aliphatic heterocycles. The van der Waals surface area contributed by atoms with Crippen LogP contribution in [0.5, 0.6) is 11.5 Å². The zero-order valence-electron chi connectivity index (χ0n) is 16.2. The van der Waals surface area contributed by atoms with Crippen LogP contribution in [0.1, 0.15) is 45.2 Å². The van der Waals surface area contributed by atoms with E-state index in [9.17, 15) is 0 Å². The van der Waals surface area contributed by atoms with Crippen molar-refractivity contribution in [3.8, 4) is 11.5 Å². The number of ether oxygens (including phenoxy) is 2. The molecule has 0 amide bonds. The molecule has 0 unspecified atom stereocenters. The van der Waals surface area contributed by atoms with Crippen molar-refractivity contribution in [3.05, 3.63) is 56.5 Å².